The predicted octanol–water partition coefficient (Wildman–Crippen LogP) is 0.982. The summed E-state index contributed by atoms with van der Waals surface area (Å²) in [5, 5.41) is 0. The fourth-order valence-electron chi connectivity index (χ4n) is 1.95. The summed E-state index contributed by atoms with van der Waals surface area (Å²) in [6, 6.07) is 0.328. The molecule has 0 aromatic carbocycles. The molecular weight excluding hydrogens is 164 g/mol. The fraction of sp³-hybridized carbons (Fsp3) is 0.900. The molecule has 0 aromatic rings. The van der Waals surface area contributed by atoms with Crippen molar-refractivity contribution in [3.8, 4) is 0 Å². The number of carbonyl (C=O) groups excluding carboxylic acids is 1. The fourth-order valence-corrected chi connectivity index (χ4v) is 1.95. The van der Waals surface area contributed by atoms with Crippen molar-refractivity contribution in [1.29, 1.82) is 0 Å². The molecule has 1 rings (SSSR count). The third kappa shape index (κ3) is 3.35. The zero-order valence-electron chi connectivity index (χ0n) is 8.62. The second kappa shape index (κ2) is 4.61. The maximum atomic E-state index is 11.4. The van der Waals surface area contributed by atoms with Crippen molar-refractivity contribution in [2.45, 2.75) is 38.1 Å². The molecule has 3 heteroatoms. The molecule has 1 aliphatic rings. The predicted molar refractivity (Wildman–Crippen MR) is 53.2 cm³/mol. The Kier molecular flexibility index (Phi) is 3.72. The van der Waals surface area contributed by atoms with E-state index in [9.17, 15) is 4.79 Å². The molecule has 0 spiro atoms. The van der Waals surface area contributed by atoms with E-state index in [-0.39, 0.29) is 5.91 Å². The van der Waals surface area contributed by atoms with Gasteiger partial charge in [-0.2, -0.15) is 0 Å². The molecule has 3 nitrogen and oxygen atoms in total. The lowest BCUT2D eigenvalue weighted by Crippen LogP contribution is -2.31. The first-order valence-corrected chi connectivity index (χ1v) is 5.05. The van der Waals surface area contributed by atoms with E-state index >= 15 is 0 Å². The van der Waals surface area contributed by atoms with E-state index in [2.05, 4.69) is 0 Å². The van der Waals surface area contributed by atoms with E-state index in [1.54, 1.807) is 4.90 Å². The lowest BCUT2D eigenvalue weighted by molar-refractivity contribution is -0.129. The molecule has 2 atom stereocenters. The molecule has 0 bridgehead atoms. The topological polar surface area (TPSA) is 46.3 Å². The number of nitrogens with two attached hydrogens (primary N) is 1. The summed E-state index contributed by atoms with van der Waals surface area (Å²) >= 11 is 0. The summed E-state index contributed by atoms with van der Waals surface area (Å²) in [7, 11) is 3.62. The normalized spacial score (nSPS) is 28.5. The molecule has 1 saturated carbocycles. The average Bonchev–Trinajstić information content (AvgIpc) is 2.04. The summed E-state index contributed by atoms with van der Waals surface area (Å²) in [6.07, 6.45) is 5.20. The average molecular weight is 184 g/mol. The largest absolute Gasteiger partial charge is 0.349 e. The van der Waals surface area contributed by atoms with Gasteiger partial charge in [-0.05, 0) is 25.2 Å². The number of carbonyl (C=O) groups is 1. The summed E-state index contributed by atoms with van der Waals surface area (Å²) in [4.78, 5) is 13.1. The summed E-state index contributed by atoms with van der Waals surface area (Å²) in [5.74, 6) is 0.762. The van der Waals surface area contributed by atoms with E-state index in [1.165, 1.54) is 12.8 Å². The van der Waals surface area contributed by atoms with Crippen LogP contribution in [0, 0.1) is 5.92 Å². The van der Waals surface area contributed by atoms with Gasteiger partial charge in [0, 0.05) is 26.6 Å². The summed E-state index contributed by atoms with van der Waals surface area (Å²) < 4.78 is 0. The molecule has 0 heterocycles. The third-order valence-electron chi connectivity index (χ3n) is 2.79. The van der Waals surface area contributed by atoms with Gasteiger partial charge in [-0.15, -0.1) is 0 Å². The Morgan fingerprint density at radius 3 is 2.69 bits per heavy atom. The highest BCUT2D eigenvalue weighted by Gasteiger charge is 2.21. The number of hydrogen-bond donors (Lipinski definition) is 1. The van der Waals surface area contributed by atoms with Gasteiger partial charge >= 0.3 is 0 Å². The lowest BCUT2D eigenvalue weighted by Gasteiger charge is -2.26. The molecule has 1 aliphatic carbocycles. The number of hydrogen-bond acceptors (Lipinski definition) is 2. The van der Waals surface area contributed by atoms with E-state index in [0.717, 1.165) is 12.8 Å². The van der Waals surface area contributed by atoms with Crippen LogP contribution in [0.5, 0.6) is 0 Å². The van der Waals surface area contributed by atoms with E-state index < -0.39 is 0 Å². The van der Waals surface area contributed by atoms with Crippen molar-refractivity contribution >= 4 is 5.91 Å². The minimum absolute atomic E-state index is 0.235. The van der Waals surface area contributed by atoms with Gasteiger partial charge in [0.1, 0.15) is 0 Å². The van der Waals surface area contributed by atoms with Crippen LogP contribution in [0.25, 0.3) is 0 Å². The standard InChI is InChI=1S/C10H20N2O/c1-12(2)10(13)7-8-4-3-5-9(11)6-8/h8-9H,3-7,11H2,1-2H3. The molecule has 0 saturated heterocycles. The van der Waals surface area contributed by atoms with E-state index in [0.29, 0.717) is 18.4 Å². The molecule has 0 aromatic heterocycles. The van der Waals surface area contributed by atoms with Crippen LogP contribution < -0.4 is 5.73 Å². The second-order valence-electron chi connectivity index (χ2n) is 4.29. The van der Waals surface area contributed by atoms with Gasteiger partial charge < -0.3 is 10.6 Å². The number of amides is 1. The van der Waals surface area contributed by atoms with Crippen molar-refractivity contribution in [3.05, 3.63) is 0 Å². The van der Waals surface area contributed by atoms with Gasteiger partial charge in [0.05, 0.1) is 0 Å². The monoisotopic (exact) mass is 184 g/mol. The molecule has 76 valence electrons. The number of rotatable bonds is 2. The first-order valence-electron chi connectivity index (χ1n) is 5.05. The van der Waals surface area contributed by atoms with Crippen LogP contribution >= 0.6 is 0 Å². The molecular formula is C10H20N2O. The smallest absolute Gasteiger partial charge is 0.222 e. The minimum atomic E-state index is 0.235. The second-order valence-corrected chi connectivity index (χ2v) is 4.29. The Labute approximate surface area is 80.3 Å². The van der Waals surface area contributed by atoms with Gasteiger partial charge in [0.2, 0.25) is 5.91 Å². The van der Waals surface area contributed by atoms with Crippen LogP contribution in [0.2, 0.25) is 0 Å². The Hall–Kier alpha value is -0.570. The van der Waals surface area contributed by atoms with Gasteiger partial charge in [0.25, 0.3) is 0 Å². The summed E-state index contributed by atoms with van der Waals surface area (Å²) in [5.41, 5.74) is 5.85. The van der Waals surface area contributed by atoms with Crippen LogP contribution in [-0.2, 0) is 4.79 Å². The maximum absolute atomic E-state index is 11.4. The van der Waals surface area contributed by atoms with Gasteiger partial charge in [-0.25, -0.2) is 0 Å². The minimum Gasteiger partial charge on any atom is -0.349 e. The Morgan fingerprint density at radius 2 is 2.15 bits per heavy atom. The van der Waals surface area contributed by atoms with Gasteiger partial charge in [0.15, 0.2) is 0 Å². The van der Waals surface area contributed by atoms with Gasteiger partial charge in [-0.3, -0.25) is 4.79 Å². The van der Waals surface area contributed by atoms with Crippen LogP contribution in [-0.4, -0.2) is 30.9 Å². The Balaban J connectivity index is 2.31. The van der Waals surface area contributed by atoms with Crippen molar-refractivity contribution in [2.75, 3.05) is 14.1 Å². The SMILES string of the molecule is CN(C)C(=O)CC1CCCC(N)C1. The zero-order valence-corrected chi connectivity index (χ0v) is 8.62. The quantitative estimate of drug-likeness (QED) is 0.695. The van der Waals surface area contributed by atoms with Crippen molar-refractivity contribution < 1.29 is 4.79 Å². The number of nitrogens with zero attached hydrogens (tertiary/aromatic N) is 1. The van der Waals surface area contributed by atoms with Crippen molar-refractivity contribution in [1.82, 2.24) is 4.90 Å². The van der Waals surface area contributed by atoms with Crippen LogP contribution in [0.3, 0.4) is 0 Å². The Morgan fingerprint density at radius 1 is 1.46 bits per heavy atom. The summed E-state index contributed by atoms with van der Waals surface area (Å²) in [6.45, 7) is 0. The van der Waals surface area contributed by atoms with E-state index in [4.69, 9.17) is 5.73 Å². The maximum Gasteiger partial charge on any atom is 0.222 e. The molecule has 2 unspecified atom stereocenters. The first kappa shape index (κ1) is 10.5. The lowest BCUT2D eigenvalue weighted by atomic mass is 9.84. The van der Waals surface area contributed by atoms with Gasteiger partial charge in [-0.1, -0.05) is 6.42 Å². The van der Waals surface area contributed by atoms with Crippen molar-refractivity contribution in [2.24, 2.45) is 11.7 Å². The highest BCUT2D eigenvalue weighted by molar-refractivity contribution is 5.75. The molecule has 2 N–H and O–H groups in total. The molecule has 1 fully saturated rings. The zero-order chi connectivity index (χ0) is 9.84. The van der Waals surface area contributed by atoms with Crippen LogP contribution in [0.4, 0.5) is 0 Å². The van der Waals surface area contributed by atoms with Crippen molar-refractivity contribution in [3.63, 3.8) is 0 Å². The molecule has 0 radical (unpaired) electrons. The van der Waals surface area contributed by atoms with Crippen LogP contribution in [0.1, 0.15) is 32.1 Å². The van der Waals surface area contributed by atoms with Crippen LogP contribution in [0.15, 0.2) is 0 Å². The molecule has 1 amide bonds. The third-order valence-corrected chi connectivity index (χ3v) is 2.79. The first-order chi connectivity index (χ1) is 6.09. The van der Waals surface area contributed by atoms with E-state index in [1.807, 2.05) is 14.1 Å². The molecule has 13 heavy (non-hydrogen) atoms. The molecule has 0 aliphatic heterocycles. The highest BCUT2D eigenvalue weighted by atomic mass is 16.2. The highest BCUT2D eigenvalue weighted by Crippen LogP contribution is 2.25. The Bertz CT molecular complexity index is 180.